The zero-order valence-corrected chi connectivity index (χ0v) is 23.1. The molecule has 0 amide bonds. The molecule has 10 nitrogen and oxygen atoms in total. The first kappa shape index (κ1) is 27.6. The maximum absolute atomic E-state index is 14.3. The third-order valence-corrected chi connectivity index (χ3v) is 8.19. The van der Waals surface area contributed by atoms with Gasteiger partial charge >= 0.3 is 6.18 Å². The number of alkyl halides is 4. The quantitative estimate of drug-likeness (QED) is 0.330. The number of rotatable bonds is 6. The van der Waals surface area contributed by atoms with Crippen molar-refractivity contribution in [2.45, 2.75) is 64.5 Å². The minimum absolute atomic E-state index is 0.0630. The van der Waals surface area contributed by atoms with Crippen molar-refractivity contribution in [3.63, 3.8) is 0 Å². The number of aryl methyl sites for hydroxylation is 1. The van der Waals surface area contributed by atoms with E-state index < -0.39 is 29.8 Å². The highest BCUT2D eigenvalue weighted by Gasteiger charge is 2.47. The van der Waals surface area contributed by atoms with Gasteiger partial charge in [0.2, 0.25) is 5.82 Å². The normalized spacial score (nSPS) is 16.7. The summed E-state index contributed by atoms with van der Waals surface area (Å²) in [4.78, 5) is 24.9. The first-order valence-corrected chi connectivity index (χ1v) is 13.5. The molecular weight excluding hydrogens is 554 g/mol. The fourth-order valence-corrected chi connectivity index (χ4v) is 5.70. The van der Waals surface area contributed by atoms with Crippen LogP contribution in [0.2, 0.25) is 0 Å². The summed E-state index contributed by atoms with van der Waals surface area (Å²) < 4.78 is 57.1. The molecule has 3 aromatic heterocycles. The number of hydrogen-bond acceptors (Lipinski definition) is 8. The third kappa shape index (κ3) is 4.43. The van der Waals surface area contributed by atoms with E-state index in [1.54, 1.807) is 30.2 Å². The van der Waals surface area contributed by atoms with Gasteiger partial charge in [-0.25, -0.2) is 14.4 Å². The second-order valence-corrected chi connectivity index (χ2v) is 10.9. The lowest BCUT2D eigenvalue weighted by atomic mass is 9.98. The Balaban J connectivity index is 1.50. The molecule has 4 heterocycles. The van der Waals surface area contributed by atoms with E-state index in [9.17, 15) is 27.6 Å². The summed E-state index contributed by atoms with van der Waals surface area (Å²) in [6.45, 7) is 4.58. The lowest BCUT2D eigenvalue weighted by Gasteiger charge is -2.31. The number of hydrogen-bond donors (Lipinski definition) is 1. The van der Waals surface area contributed by atoms with E-state index in [-0.39, 0.29) is 37.2 Å². The number of nitrogens with zero attached hydrogens (tertiary/aromatic N) is 8. The van der Waals surface area contributed by atoms with Crippen LogP contribution in [0.1, 0.15) is 60.0 Å². The van der Waals surface area contributed by atoms with Crippen LogP contribution in [0.4, 0.5) is 29.1 Å². The van der Waals surface area contributed by atoms with Crippen molar-refractivity contribution < 1.29 is 17.6 Å². The number of fused-ring (bicyclic) bond motifs is 2. The van der Waals surface area contributed by atoms with E-state index in [4.69, 9.17) is 0 Å². The van der Waals surface area contributed by atoms with Gasteiger partial charge in [0, 0.05) is 19.3 Å². The minimum Gasteiger partial charge on any atom is -0.363 e. The predicted molar refractivity (Wildman–Crippen MR) is 146 cm³/mol. The molecule has 14 heteroatoms. The Morgan fingerprint density at radius 1 is 1.17 bits per heavy atom. The number of benzene rings is 1. The molecule has 1 fully saturated rings. The third-order valence-electron chi connectivity index (χ3n) is 8.19. The molecule has 1 aliphatic heterocycles. The smallest absolute Gasteiger partial charge is 0.363 e. The maximum Gasteiger partial charge on any atom is 0.451 e. The van der Waals surface area contributed by atoms with Gasteiger partial charge in [-0.2, -0.15) is 18.4 Å². The topological polar surface area (TPSA) is 118 Å². The Kier molecular flexibility index (Phi) is 6.43. The van der Waals surface area contributed by atoms with E-state index in [2.05, 4.69) is 31.6 Å². The molecule has 218 valence electrons. The van der Waals surface area contributed by atoms with Gasteiger partial charge < -0.3 is 19.4 Å². The summed E-state index contributed by atoms with van der Waals surface area (Å²) in [5.74, 6) is -0.245. The average molecular weight is 582 g/mol. The van der Waals surface area contributed by atoms with Crippen molar-refractivity contribution in [2.24, 2.45) is 0 Å². The fourth-order valence-electron chi connectivity index (χ4n) is 5.70. The van der Waals surface area contributed by atoms with Crippen LogP contribution in [-0.4, -0.2) is 42.5 Å². The van der Waals surface area contributed by atoms with E-state index >= 15 is 0 Å². The molecular formula is C28H27F4N9O. The highest BCUT2D eigenvalue weighted by molar-refractivity contribution is 5.97. The van der Waals surface area contributed by atoms with Crippen LogP contribution >= 0.6 is 0 Å². The molecule has 0 spiro atoms. The number of aromatic nitrogens is 6. The Bertz CT molecular complexity index is 1820. The van der Waals surface area contributed by atoms with Crippen molar-refractivity contribution in [1.82, 2.24) is 29.3 Å². The van der Waals surface area contributed by atoms with E-state index in [0.717, 1.165) is 15.7 Å². The van der Waals surface area contributed by atoms with Crippen LogP contribution in [-0.2, 0) is 24.8 Å². The second kappa shape index (κ2) is 9.78. The molecule has 1 saturated carbocycles. The summed E-state index contributed by atoms with van der Waals surface area (Å²) in [6.07, 6.45) is -2.13. The average Bonchev–Trinajstić information content (AvgIpc) is 3.62. The Morgan fingerprint density at radius 3 is 2.60 bits per heavy atom. The molecule has 1 aliphatic carbocycles. The van der Waals surface area contributed by atoms with Gasteiger partial charge in [0.05, 0.1) is 35.1 Å². The van der Waals surface area contributed by atoms with Gasteiger partial charge in [0.25, 0.3) is 5.56 Å². The van der Waals surface area contributed by atoms with Gasteiger partial charge in [-0.3, -0.25) is 4.79 Å². The van der Waals surface area contributed by atoms with E-state index in [1.165, 1.54) is 4.57 Å². The standard InChI is InChI=1S/C28H27F4N9O/c1-15-18(11-33)5-4-6-19(15)16(2)34-24-20-12-41(27(14-29)7-8-27)25(42)23(22(20)35-17(3)36-24)39-9-10-40-21(13-39)37-38-26(40)28(30,31)32/h4-6,12,16H,7-10,13-14H2,1-3H3,(H,34,35,36)/t16-/m1/s1. The van der Waals surface area contributed by atoms with Crippen LogP contribution in [0.5, 0.6) is 0 Å². The van der Waals surface area contributed by atoms with Gasteiger partial charge in [-0.05, 0) is 50.8 Å². The Morgan fingerprint density at radius 2 is 1.93 bits per heavy atom. The van der Waals surface area contributed by atoms with Gasteiger partial charge in [0.1, 0.15) is 29.5 Å². The molecule has 0 unspecified atom stereocenters. The zero-order chi connectivity index (χ0) is 30.0. The lowest BCUT2D eigenvalue weighted by molar-refractivity contribution is -0.147. The highest BCUT2D eigenvalue weighted by Crippen LogP contribution is 2.44. The number of halogens is 4. The molecule has 6 rings (SSSR count). The summed E-state index contributed by atoms with van der Waals surface area (Å²) in [5, 5.41) is 20.5. The molecule has 0 radical (unpaired) electrons. The van der Waals surface area contributed by atoms with E-state index in [0.29, 0.717) is 41.0 Å². The largest absolute Gasteiger partial charge is 0.451 e. The summed E-state index contributed by atoms with van der Waals surface area (Å²) in [6, 6.07) is 7.34. The molecule has 4 aromatic rings. The SMILES string of the molecule is Cc1nc(N[C@H](C)c2cccc(C#N)c2C)c2cn(C3(CF)CC3)c(=O)c(N3CCn4c(nnc4C(F)(F)F)C3)c2n1. The van der Waals surface area contributed by atoms with Crippen LogP contribution in [0.25, 0.3) is 10.9 Å². The van der Waals surface area contributed by atoms with Crippen LogP contribution in [0, 0.1) is 25.2 Å². The van der Waals surface area contributed by atoms with Crippen molar-refractivity contribution in [2.75, 3.05) is 23.4 Å². The van der Waals surface area contributed by atoms with Gasteiger partial charge in [-0.1, -0.05) is 12.1 Å². The molecule has 42 heavy (non-hydrogen) atoms. The molecule has 1 aromatic carbocycles. The minimum atomic E-state index is -4.66. The lowest BCUT2D eigenvalue weighted by Crippen LogP contribution is -2.41. The van der Waals surface area contributed by atoms with Crippen molar-refractivity contribution in [3.05, 3.63) is 68.9 Å². The number of nitriles is 1. The first-order valence-electron chi connectivity index (χ1n) is 13.5. The Labute approximate surface area is 237 Å². The number of anilines is 2. The van der Waals surface area contributed by atoms with Crippen molar-refractivity contribution in [3.8, 4) is 6.07 Å². The first-order chi connectivity index (χ1) is 20.0. The zero-order valence-electron chi connectivity index (χ0n) is 23.1. The number of pyridine rings is 1. The fraction of sp³-hybridized carbons (Fsp3) is 0.429. The predicted octanol–water partition coefficient (Wildman–Crippen LogP) is 4.54. The highest BCUT2D eigenvalue weighted by atomic mass is 19.4. The number of nitrogens with one attached hydrogen (secondary N) is 1. The van der Waals surface area contributed by atoms with Crippen molar-refractivity contribution in [1.29, 1.82) is 5.26 Å². The van der Waals surface area contributed by atoms with E-state index in [1.807, 2.05) is 19.9 Å². The molecule has 1 atom stereocenters. The van der Waals surface area contributed by atoms with Crippen LogP contribution in [0.15, 0.2) is 29.2 Å². The molecule has 0 bridgehead atoms. The van der Waals surface area contributed by atoms with Crippen LogP contribution in [0.3, 0.4) is 0 Å². The maximum atomic E-state index is 14.3. The second-order valence-electron chi connectivity index (χ2n) is 10.9. The molecule has 1 N–H and O–H groups in total. The summed E-state index contributed by atoms with van der Waals surface area (Å²) >= 11 is 0. The van der Waals surface area contributed by atoms with Crippen LogP contribution < -0.4 is 15.8 Å². The summed E-state index contributed by atoms with van der Waals surface area (Å²) in [5.41, 5.74) is 1.23. The Hall–Kier alpha value is -4.54. The monoisotopic (exact) mass is 581 g/mol. The van der Waals surface area contributed by atoms with Crippen molar-refractivity contribution >= 4 is 22.4 Å². The summed E-state index contributed by atoms with van der Waals surface area (Å²) in [7, 11) is 0. The molecule has 0 saturated heterocycles. The van der Waals surface area contributed by atoms with Gasteiger partial charge in [0.15, 0.2) is 5.82 Å². The molecule has 2 aliphatic rings. The van der Waals surface area contributed by atoms with Gasteiger partial charge in [-0.15, -0.1) is 10.2 Å².